The van der Waals surface area contributed by atoms with E-state index >= 15 is 0 Å². The van der Waals surface area contributed by atoms with Crippen LogP contribution in [0.3, 0.4) is 0 Å². The van der Waals surface area contributed by atoms with E-state index in [-0.39, 0.29) is 0 Å². The first-order valence-electron chi connectivity index (χ1n) is 4.87. The fourth-order valence-corrected chi connectivity index (χ4v) is 2.17. The molecule has 0 saturated carbocycles. The second kappa shape index (κ2) is 4.61. The molecule has 2 heterocycles. The maximum atomic E-state index is 5.57. The van der Waals surface area contributed by atoms with Crippen LogP contribution in [-0.2, 0) is 4.74 Å². The van der Waals surface area contributed by atoms with Gasteiger partial charge in [-0.3, -0.25) is 0 Å². The smallest absolute Gasteiger partial charge is 0.184 e. The highest BCUT2D eigenvalue weighted by molar-refractivity contribution is 7.19. The van der Waals surface area contributed by atoms with Crippen molar-refractivity contribution in [3.05, 3.63) is 6.20 Å². The van der Waals surface area contributed by atoms with Crippen LogP contribution in [0.1, 0.15) is 12.8 Å². The first-order chi connectivity index (χ1) is 6.84. The normalized spacial score (nSPS) is 21.3. The molecule has 3 N–H and O–H groups in total. The van der Waals surface area contributed by atoms with Crippen LogP contribution in [0.2, 0.25) is 0 Å². The van der Waals surface area contributed by atoms with Crippen molar-refractivity contribution in [3.63, 3.8) is 0 Å². The summed E-state index contributed by atoms with van der Waals surface area (Å²) in [4.78, 5) is 4.13. The number of nitrogen functional groups attached to an aromatic ring is 1. The lowest BCUT2D eigenvalue weighted by Gasteiger charge is -2.06. The molecule has 0 amide bonds. The predicted molar refractivity (Wildman–Crippen MR) is 58.6 cm³/mol. The van der Waals surface area contributed by atoms with Gasteiger partial charge in [-0.1, -0.05) is 11.3 Å². The van der Waals surface area contributed by atoms with Crippen LogP contribution in [0.15, 0.2) is 6.20 Å². The second-order valence-corrected chi connectivity index (χ2v) is 4.58. The van der Waals surface area contributed by atoms with Crippen LogP contribution >= 0.6 is 11.3 Å². The first-order valence-corrected chi connectivity index (χ1v) is 5.69. The third-order valence-corrected chi connectivity index (χ3v) is 3.16. The Bertz CT molecular complexity index is 283. The molecular weight excluding hydrogens is 198 g/mol. The summed E-state index contributed by atoms with van der Waals surface area (Å²) in [5, 5.41) is 4.94. The van der Waals surface area contributed by atoms with Crippen LogP contribution in [0.5, 0.6) is 0 Å². The van der Waals surface area contributed by atoms with E-state index in [0.29, 0.717) is 0 Å². The Kier molecular flexibility index (Phi) is 3.21. The number of anilines is 2. The molecule has 1 unspecified atom stereocenters. The van der Waals surface area contributed by atoms with Crippen molar-refractivity contribution in [3.8, 4) is 0 Å². The van der Waals surface area contributed by atoms with Crippen LogP contribution < -0.4 is 11.1 Å². The lowest BCUT2D eigenvalue weighted by molar-refractivity contribution is 0.185. The van der Waals surface area contributed by atoms with Gasteiger partial charge in [0.15, 0.2) is 5.13 Å². The Morgan fingerprint density at radius 1 is 1.71 bits per heavy atom. The molecule has 0 radical (unpaired) electrons. The SMILES string of the molecule is Nc1cnc(NCCC2CCOC2)s1. The lowest BCUT2D eigenvalue weighted by atomic mass is 10.1. The van der Waals surface area contributed by atoms with E-state index in [2.05, 4.69) is 10.3 Å². The van der Waals surface area contributed by atoms with Crippen molar-refractivity contribution in [2.75, 3.05) is 30.8 Å². The van der Waals surface area contributed by atoms with Gasteiger partial charge in [-0.05, 0) is 18.8 Å². The topological polar surface area (TPSA) is 60.2 Å². The highest BCUT2D eigenvalue weighted by Gasteiger charge is 2.14. The van der Waals surface area contributed by atoms with E-state index in [1.54, 1.807) is 6.20 Å². The summed E-state index contributed by atoms with van der Waals surface area (Å²) in [5.41, 5.74) is 5.57. The molecule has 1 saturated heterocycles. The van der Waals surface area contributed by atoms with Gasteiger partial charge in [-0.2, -0.15) is 0 Å². The minimum absolute atomic E-state index is 0.722. The molecule has 1 aromatic heterocycles. The number of thiazole rings is 1. The van der Waals surface area contributed by atoms with Crippen LogP contribution in [0, 0.1) is 5.92 Å². The number of hydrogen-bond acceptors (Lipinski definition) is 5. The van der Waals surface area contributed by atoms with Crippen molar-refractivity contribution in [1.29, 1.82) is 0 Å². The van der Waals surface area contributed by atoms with Gasteiger partial charge in [0.2, 0.25) is 0 Å². The van der Waals surface area contributed by atoms with Gasteiger partial charge in [0.05, 0.1) is 6.20 Å². The maximum absolute atomic E-state index is 5.57. The fraction of sp³-hybridized carbons (Fsp3) is 0.667. The monoisotopic (exact) mass is 213 g/mol. The number of nitrogens with two attached hydrogens (primary N) is 1. The van der Waals surface area contributed by atoms with E-state index in [1.165, 1.54) is 17.8 Å². The molecule has 1 atom stereocenters. The summed E-state index contributed by atoms with van der Waals surface area (Å²) in [6, 6.07) is 0. The van der Waals surface area contributed by atoms with E-state index in [9.17, 15) is 0 Å². The molecule has 1 aliphatic rings. The second-order valence-electron chi connectivity index (χ2n) is 3.51. The molecule has 78 valence electrons. The Hall–Kier alpha value is -0.810. The predicted octanol–water partition coefficient (Wildman–Crippen LogP) is 1.56. The zero-order valence-corrected chi connectivity index (χ0v) is 8.85. The Morgan fingerprint density at radius 2 is 2.64 bits per heavy atom. The van der Waals surface area contributed by atoms with E-state index in [4.69, 9.17) is 10.5 Å². The molecule has 14 heavy (non-hydrogen) atoms. The third-order valence-electron chi connectivity index (χ3n) is 2.38. The molecule has 0 bridgehead atoms. The lowest BCUT2D eigenvalue weighted by Crippen LogP contribution is -2.08. The van der Waals surface area contributed by atoms with Gasteiger partial charge in [0, 0.05) is 19.8 Å². The first kappa shape index (κ1) is 9.73. The number of hydrogen-bond donors (Lipinski definition) is 2. The highest BCUT2D eigenvalue weighted by Crippen LogP contribution is 2.20. The summed E-state index contributed by atoms with van der Waals surface area (Å²) in [7, 11) is 0. The molecule has 2 rings (SSSR count). The highest BCUT2D eigenvalue weighted by atomic mass is 32.1. The number of rotatable bonds is 4. The zero-order valence-electron chi connectivity index (χ0n) is 8.03. The quantitative estimate of drug-likeness (QED) is 0.797. The van der Waals surface area contributed by atoms with Crippen molar-refractivity contribution in [1.82, 2.24) is 4.98 Å². The number of aromatic nitrogens is 1. The minimum Gasteiger partial charge on any atom is -0.389 e. The summed E-state index contributed by atoms with van der Waals surface area (Å²) in [6.45, 7) is 2.80. The van der Waals surface area contributed by atoms with Gasteiger partial charge in [-0.25, -0.2) is 4.98 Å². The Labute approximate surface area is 87.5 Å². The van der Waals surface area contributed by atoms with Gasteiger partial charge in [0.25, 0.3) is 0 Å². The van der Waals surface area contributed by atoms with Crippen LogP contribution in [-0.4, -0.2) is 24.7 Å². The van der Waals surface area contributed by atoms with Gasteiger partial charge < -0.3 is 15.8 Å². The average molecular weight is 213 g/mol. The van der Waals surface area contributed by atoms with Crippen molar-refractivity contribution >= 4 is 21.5 Å². The maximum Gasteiger partial charge on any atom is 0.184 e. The van der Waals surface area contributed by atoms with Gasteiger partial charge in [0.1, 0.15) is 5.00 Å². The standard InChI is InChI=1S/C9H15N3OS/c10-8-5-12-9(14-8)11-3-1-7-2-4-13-6-7/h5,7H,1-4,6,10H2,(H,11,12). The number of ether oxygens (including phenoxy) is 1. The van der Waals surface area contributed by atoms with E-state index in [1.807, 2.05) is 0 Å². The van der Waals surface area contributed by atoms with E-state index in [0.717, 1.165) is 42.2 Å². The van der Waals surface area contributed by atoms with Crippen LogP contribution in [0.25, 0.3) is 0 Å². The summed E-state index contributed by atoms with van der Waals surface area (Å²) >= 11 is 1.49. The molecule has 0 spiro atoms. The molecule has 0 aromatic carbocycles. The number of nitrogens with zero attached hydrogens (tertiary/aromatic N) is 1. The Morgan fingerprint density at radius 3 is 3.29 bits per heavy atom. The third kappa shape index (κ3) is 2.59. The van der Waals surface area contributed by atoms with Crippen molar-refractivity contribution in [2.24, 2.45) is 5.92 Å². The molecule has 1 aromatic rings. The molecular formula is C9H15N3OS. The average Bonchev–Trinajstić information content (AvgIpc) is 2.77. The number of nitrogens with one attached hydrogen (secondary N) is 1. The molecule has 5 heteroatoms. The molecule has 1 aliphatic heterocycles. The molecule has 1 fully saturated rings. The van der Waals surface area contributed by atoms with Crippen LogP contribution in [0.4, 0.5) is 10.1 Å². The Balaban J connectivity index is 1.67. The van der Waals surface area contributed by atoms with Gasteiger partial charge >= 0.3 is 0 Å². The van der Waals surface area contributed by atoms with Crippen molar-refractivity contribution in [2.45, 2.75) is 12.8 Å². The minimum atomic E-state index is 0.722. The molecule has 4 nitrogen and oxygen atoms in total. The summed E-state index contributed by atoms with van der Waals surface area (Å²) < 4.78 is 5.30. The van der Waals surface area contributed by atoms with Crippen molar-refractivity contribution < 1.29 is 4.74 Å². The summed E-state index contributed by atoms with van der Waals surface area (Å²) in [6.07, 6.45) is 4.03. The van der Waals surface area contributed by atoms with E-state index < -0.39 is 0 Å². The zero-order chi connectivity index (χ0) is 9.80. The summed E-state index contributed by atoms with van der Waals surface area (Å²) in [5.74, 6) is 0.722. The molecule has 0 aliphatic carbocycles. The largest absolute Gasteiger partial charge is 0.389 e. The van der Waals surface area contributed by atoms with Gasteiger partial charge in [-0.15, -0.1) is 0 Å². The fourth-order valence-electron chi connectivity index (χ4n) is 1.56.